The number of amides is 1. The summed E-state index contributed by atoms with van der Waals surface area (Å²) in [4.78, 5) is 24.0. The Balaban J connectivity index is 1.90. The molecule has 1 fully saturated rings. The molecule has 0 bridgehead atoms. The molecule has 0 aromatic heterocycles. The average molecular weight is 356 g/mol. The Hall–Kier alpha value is -1.97. The molecule has 1 aliphatic rings. The number of rotatable bonds is 5. The number of sulfonamides is 1. The lowest BCUT2D eigenvalue weighted by molar-refractivity contribution is -0.160. The van der Waals surface area contributed by atoms with Crippen LogP contribution in [0.5, 0.6) is 0 Å². The highest BCUT2D eigenvalue weighted by Gasteiger charge is 2.26. The summed E-state index contributed by atoms with van der Waals surface area (Å²) in [6.45, 7) is 2.50. The Morgan fingerprint density at radius 3 is 2.38 bits per heavy atom. The molecule has 24 heavy (non-hydrogen) atoms. The SMILES string of the molecule is CC(OC(=O)C1CCOCC1)C(=O)Nc1ccc(S(N)(=O)=O)cc1. The lowest BCUT2D eigenvalue weighted by Crippen LogP contribution is -2.34. The Labute approximate surface area is 140 Å². The molecule has 1 aromatic rings. The van der Waals surface area contributed by atoms with E-state index in [4.69, 9.17) is 14.6 Å². The molecule has 1 atom stereocenters. The molecule has 1 heterocycles. The van der Waals surface area contributed by atoms with Gasteiger partial charge in [-0.05, 0) is 44.0 Å². The van der Waals surface area contributed by atoms with Crippen molar-refractivity contribution in [2.45, 2.75) is 30.8 Å². The summed E-state index contributed by atoms with van der Waals surface area (Å²) in [5, 5.41) is 7.55. The molecule has 1 saturated heterocycles. The van der Waals surface area contributed by atoms with Gasteiger partial charge in [-0.15, -0.1) is 0 Å². The number of carbonyl (C=O) groups is 2. The van der Waals surface area contributed by atoms with Gasteiger partial charge in [0.1, 0.15) is 0 Å². The Kier molecular flexibility index (Phi) is 5.92. The van der Waals surface area contributed by atoms with Crippen LogP contribution < -0.4 is 10.5 Å². The maximum absolute atomic E-state index is 12.1. The predicted octanol–water partition coefficient (Wildman–Crippen LogP) is 0.631. The van der Waals surface area contributed by atoms with E-state index < -0.39 is 28.0 Å². The zero-order valence-electron chi connectivity index (χ0n) is 13.2. The van der Waals surface area contributed by atoms with Gasteiger partial charge in [-0.3, -0.25) is 9.59 Å². The van der Waals surface area contributed by atoms with Gasteiger partial charge in [0.15, 0.2) is 6.10 Å². The van der Waals surface area contributed by atoms with E-state index >= 15 is 0 Å². The van der Waals surface area contributed by atoms with Gasteiger partial charge in [-0.25, -0.2) is 13.6 Å². The van der Waals surface area contributed by atoms with Gasteiger partial charge in [-0.1, -0.05) is 0 Å². The number of hydrogen-bond acceptors (Lipinski definition) is 6. The van der Waals surface area contributed by atoms with Gasteiger partial charge in [0.25, 0.3) is 5.91 Å². The summed E-state index contributed by atoms with van der Waals surface area (Å²) in [5.41, 5.74) is 0.376. The number of esters is 1. The number of benzene rings is 1. The molecular weight excluding hydrogens is 336 g/mol. The summed E-state index contributed by atoms with van der Waals surface area (Å²) in [7, 11) is -3.79. The van der Waals surface area contributed by atoms with E-state index in [1.807, 2.05) is 0 Å². The molecule has 0 aliphatic carbocycles. The number of ether oxygens (including phenoxy) is 2. The lowest BCUT2D eigenvalue weighted by Gasteiger charge is -2.22. The van der Waals surface area contributed by atoms with Gasteiger partial charge in [0.2, 0.25) is 10.0 Å². The first-order valence-electron chi connectivity index (χ1n) is 7.49. The van der Waals surface area contributed by atoms with Crippen LogP contribution in [-0.2, 0) is 29.1 Å². The van der Waals surface area contributed by atoms with Crippen LogP contribution in [0.15, 0.2) is 29.2 Å². The van der Waals surface area contributed by atoms with Crippen molar-refractivity contribution in [1.29, 1.82) is 0 Å². The Bertz CT molecular complexity index is 695. The van der Waals surface area contributed by atoms with Crippen molar-refractivity contribution < 1.29 is 27.5 Å². The molecule has 1 aromatic carbocycles. The molecule has 132 valence electrons. The van der Waals surface area contributed by atoms with E-state index in [0.29, 0.717) is 31.7 Å². The van der Waals surface area contributed by atoms with Crippen LogP contribution in [-0.4, -0.2) is 39.6 Å². The van der Waals surface area contributed by atoms with E-state index in [1.165, 1.54) is 31.2 Å². The molecule has 8 nitrogen and oxygen atoms in total. The van der Waals surface area contributed by atoms with E-state index in [-0.39, 0.29) is 10.8 Å². The van der Waals surface area contributed by atoms with Crippen molar-refractivity contribution in [3.63, 3.8) is 0 Å². The topological polar surface area (TPSA) is 125 Å². The third-order valence-electron chi connectivity index (χ3n) is 3.67. The first kappa shape index (κ1) is 18.4. The van der Waals surface area contributed by atoms with Gasteiger partial charge < -0.3 is 14.8 Å². The number of nitrogens with one attached hydrogen (secondary N) is 1. The van der Waals surface area contributed by atoms with E-state index in [0.717, 1.165) is 0 Å². The molecular formula is C15H20N2O6S. The highest BCUT2D eigenvalue weighted by Crippen LogP contribution is 2.18. The van der Waals surface area contributed by atoms with E-state index in [2.05, 4.69) is 5.32 Å². The first-order valence-corrected chi connectivity index (χ1v) is 9.04. The third kappa shape index (κ3) is 5.02. The van der Waals surface area contributed by atoms with Crippen molar-refractivity contribution >= 4 is 27.6 Å². The molecule has 3 N–H and O–H groups in total. The second-order valence-corrected chi connectivity index (χ2v) is 7.09. The highest BCUT2D eigenvalue weighted by molar-refractivity contribution is 7.89. The Morgan fingerprint density at radius 2 is 1.83 bits per heavy atom. The van der Waals surface area contributed by atoms with Crippen LogP contribution in [0.4, 0.5) is 5.69 Å². The standard InChI is InChI=1S/C15H20N2O6S/c1-10(23-15(19)11-6-8-22-9-7-11)14(18)17-12-2-4-13(5-3-12)24(16,20)21/h2-5,10-11H,6-9H2,1H3,(H,17,18)(H2,16,20,21). The number of nitrogens with two attached hydrogens (primary N) is 1. The largest absolute Gasteiger partial charge is 0.452 e. The average Bonchev–Trinajstić information content (AvgIpc) is 2.55. The maximum Gasteiger partial charge on any atom is 0.309 e. The van der Waals surface area contributed by atoms with Gasteiger partial charge >= 0.3 is 5.97 Å². The number of primary sulfonamides is 1. The molecule has 1 aliphatic heterocycles. The van der Waals surface area contributed by atoms with Crippen LogP contribution in [0, 0.1) is 5.92 Å². The van der Waals surface area contributed by atoms with E-state index in [1.54, 1.807) is 0 Å². The fraction of sp³-hybridized carbons (Fsp3) is 0.467. The zero-order valence-corrected chi connectivity index (χ0v) is 14.0. The van der Waals surface area contributed by atoms with Crippen molar-refractivity contribution in [3.05, 3.63) is 24.3 Å². The second-order valence-electron chi connectivity index (χ2n) is 5.52. The summed E-state index contributed by atoms with van der Waals surface area (Å²) in [6.07, 6.45) is 0.211. The van der Waals surface area contributed by atoms with E-state index in [9.17, 15) is 18.0 Å². The quantitative estimate of drug-likeness (QED) is 0.746. The van der Waals surface area contributed by atoms with Crippen molar-refractivity contribution in [1.82, 2.24) is 0 Å². The van der Waals surface area contributed by atoms with Crippen LogP contribution in [0.3, 0.4) is 0 Å². The van der Waals surface area contributed by atoms with Crippen LogP contribution in [0.1, 0.15) is 19.8 Å². The summed E-state index contributed by atoms with van der Waals surface area (Å²) >= 11 is 0. The monoisotopic (exact) mass is 356 g/mol. The second kappa shape index (κ2) is 7.73. The smallest absolute Gasteiger partial charge is 0.309 e. The van der Waals surface area contributed by atoms with Crippen molar-refractivity contribution in [3.8, 4) is 0 Å². The molecule has 0 spiro atoms. The fourth-order valence-corrected chi connectivity index (χ4v) is 2.74. The normalized spacial score (nSPS) is 17.1. The minimum absolute atomic E-state index is 0.0560. The summed E-state index contributed by atoms with van der Waals surface area (Å²) in [6, 6.07) is 5.38. The number of anilines is 1. The molecule has 1 unspecified atom stereocenters. The van der Waals surface area contributed by atoms with Crippen molar-refractivity contribution in [2.75, 3.05) is 18.5 Å². The highest BCUT2D eigenvalue weighted by atomic mass is 32.2. The minimum atomic E-state index is -3.79. The third-order valence-corrected chi connectivity index (χ3v) is 4.60. The molecule has 0 saturated carbocycles. The minimum Gasteiger partial charge on any atom is -0.452 e. The molecule has 2 rings (SSSR count). The van der Waals surface area contributed by atoms with Crippen LogP contribution >= 0.6 is 0 Å². The fourth-order valence-electron chi connectivity index (χ4n) is 2.23. The number of hydrogen-bond donors (Lipinski definition) is 2. The molecule has 0 radical (unpaired) electrons. The first-order chi connectivity index (χ1) is 11.3. The van der Waals surface area contributed by atoms with Crippen molar-refractivity contribution in [2.24, 2.45) is 11.1 Å². The molecule has 9 heteroatoms. The Morgan fingerprint density at radius 1 is 1.25 bits per heavy atom. The summed E-state index contributed by atoms with van der Waals surface area (Å²) < 4.78 is 32.7. The number of carbonyl (C=O) groups excluding carboxylic acids is 2. The van der Waals surface area contributed by atoms with Crippen LogP contribution in [0.25, 0.3) is 0 Å². The lowest BCUT2D eigenvalue weighted by atomic mass is 10.0. The van der Waals surface area contributed by atoms with Crippen LogP contribution in [0.2, 0.25) is 0 Å². The summed E-state index contributed by atoms with van der Waals surface area (Å²) in [5.74, 6) is -1.16. The molecule has 1 amide bonds. The van der Waals surface area contributed by atoms with Gasteiger partial charge in [0.05, 0.1) is 10.8 Å². The maximum atomic E-state index is 12.1. The van der Waals surface area contributed by atoms with Gasteiger partial charge in [0, 0.05) is 18.9 Å². The van der Waals surface area contributed by atoms with Gasteiger partial charge in [-0.2, -0.15) is 0 Å². The zero-order chi connectivity index (χ0) is 17.7. The predicted molar refractivity (Wildman–Crippen MR) is 85.5 cm³/mol.